The molecule has 2 rings (SSSR count). The van der Waals surface area contributed by atoms with Crippen LogP contribution in [0.5, 0.6) is 0 Å². The number of aliphatic hydroxyl groups is 1. The number of hydrogen-bond acceptors (Lipinski definition) is 3. The van der Waals surface area contributed by atoms with Gasteiger partial charge in [-0.05, 0) is 24.1 Å². The van der Waals surface area contributed by atoms with Crippen molar-refractivity contribution in [2.24, 2.45) is 0 Å². The Morgan fingerprint density at radius 3 is 2.52 bits per heavy atom. The third kappa shape index (κ3) is 4.36. The van der Waals surface area contributed by atoms with Crippen molar-refractivity contribution in [3.05, 3.63) is 33.8 Å². The van der Waals surface area contributed by atoms with Crippen LogP contribution >= 0.6 is 28.3 Å². The van der Waals surface area contributed by atoms with E-state index in [0.717, 1.165) is 5.56 Å². The van der Waals surface area contributed by atoms with E-state index in [-0.39, 0.29) is 12.4 Å². The standard InChI is InChI=1S/C14H19BrF2N2O.ClH/c1-10-2-3-11(12(15)8-10)13(14(16,17)9-20)19-6-4-18-5-7-19;/h2-3,8,13,18,20H,4-7,9H2,1H3;1H/t13-;/m0./s1. The van der Waals surface area contributed by atoms with Crippen molar-refractivity contribution in [3.8, 4) is 0 Å². The minimum absolute atomic E-state index is 0. The monoisotopic (exact) mass is 384 g/mol. The number of piperazine rings is 1. The molecule has 1 aromatic rings. The van der Waals surface area contributed by atoms with Crippen LogP contribution in [0.2, 0.25) is 0 Å². The molecule has 1 atom stereocenters. The molecular weight excluding hydrogens is 366 g/mol. The summed E-state index contributed by atoms with van der Waals surface area (Å²) in [4.78, 5) is 1.74. The molecular formula is C14H20BrClF2N2O. The van der Waals surface area contributed by atoms with Gasteiger partial charge in [0, 0.05) is 30.7 Å². The zero-order valence-electron chi connectivity index (χ0n) is 11.8. The van der Waals surface area contributed by atoms with Gasteiger partial charge in [-0.1, -0.05) is 28.1 Å². The number of halogens is 4. The molecule has 0 amide bonds. The first kappa shape index (κ1) is 18.8. The molecule has 120 valence electrons. The maximum absolute atomic E-state index is 14.2. The zero-order chi connectivity index (χ0) is 14.8. The predicted octanol–water partition coefficient (Wildman–Crippen LogP) is 2.75. The van der Waals surface area contributed by atoms with Gasteiger partial charge in [-0.2, -0.15) is 0 Å². The fraction of sp³-hybridized carbons (Fsp3) is 0.571. The molecule has 0 unspecified atom stereocenters. The summed E-state index contributed by atoms with van der Waals surface area (Å²) in [5, 5.41) is 12.2. The maximum Gasteiger partial charge on any atom is 0.289 e. The summed E-state index contributed by atoms with van der Waals surface area (Å²) in [6.45, 7) is 3.21. The molecule has 7 heteroatoms. The van der Waals surface area contributed by atoms with Crippen molar-refractivity contribution in [1.82, 2.24) is 10.2 Å². The predicted molar refractivity (Wildman–Crippen MR) is 85.3 cm³/mol. The van der Waals surface area contributed by atoms with Crippen LogP contribution < -0.4 is 5.32 Å². The average molecular weight is 386 g/mol. The third-order valence-corrected chi connectivity index (χ3v) is 4.26. The van der Waals surface area contributed by atoms with Crippen LogP contribution in [0.3, 0.4) is 0 Å². The summed E-state index contributed by atoms with van der Waals surface area (Å²) in [5.41, 5.74) is 1.53. The lowest BCUT2D eigenvalue weighted by Crippen LogP contribution is -2.51. The van der Waals surface area contributed by atoms with E-state index in [1.165, 1.54) is 0 Å². The Hall–Kier alpha value is -0.270. The van der Waals surface area contributed by atoms with Crippen molar-refractivity contribution in [1.29, 1.82) is 0 Å². The van der Waals surface area contributed by atoms with E-state index in [0.29, 0.717) is 36.2 Å². The highest BCUT2D eigenvalue weighted by Crippen LogP contribution is 2.39. The largest absolute Gasteiger partial charge is 0.390 e. The Morgan fingerprint density at radius 1 is 1.38 bits per heavy atom. The number of nitrogens with one attached hydrogen (secondary N) is 1. The average Bonchev–Trinajstić information content (AvgIpc) is 2.43. The first-order valence-corrected chi connectivity index (χ1v) is 7.44. The smallest absolute Gasteiger partial charge is 0.289 e. The second-order valence-corrected chi connectivity index (χ2v) is 5.99. The summed E-state index contributed by atoms with van der Waals surface area (Å²) in [6.07, 6.45) is 0. The molecule has 1 saturated heterocycles. The molecule has 0 aromatic heterocycles. The lowest BCUT2D eigenvalue weighted by Gasteiger charge is -2.39. The summed E-state index contributed by atoms with van der Waals surface area (Å²) < 4.78 is 29.1. The van der Waals surface area contributed by atoms with Gasteiger partial charge in [0.1, 0.15) is 12.6 Å². The minimum atomic E-state index is -3.17. The quantitative estimate of drug-likeness (QED) is 0.836. The molecule has 0 spiro atoms. The van der Waals surface area contributed by atoms with E-state index in [4.69, 9.17) is 5.11 Å². The van der Waals surface area contributed by atoms with Gasteiger partial charge in [-0.3, -0.25) is 4.90 Å². The number of alkyl halides is 2. The van der Waals surface area contributed by atoms with Gasteiger partial charge in [-0.15, -0.1) is 12.4 Å². The van der Waals surface area contributed by atoms with Crippen molar-refractivity contribution in [2.75, 3.05) is 32.8 Å². The SMILES string of the molecule is Cc1ccc([C@H](N2CCNCC2)C(F)(F)CO)c(Br)c1.Cl. The van der Waals surface area contributed by atoms with Gasteiger partial charge in [0.25, 0.3) is 5.92 Å². The normalized spacial score (nSPS) is 18.1. The van der Waals surface area contributed by atoms with Crippen molar-refractivity contribution in [3.63, 3.8) is 0 Å². The van der Waals surface area contributed by atoms with Crippen LogP contribution in [-0.4, -0.2) is 48.7 Å². The topological polar surface area (TPSA) is 35.5 Å². The maximum atomic E-state index is 14.2. The molecule has 0 saturated carbocycles. The molecule has 1 fully saturated rings. The highest BCUT2D eigenvalue weighted by atomic mass is 79.9. The third-order valence-electron chi connectivity index (χ3n) is 3.58. The molecule has 3 nitrogen and oxygen atoms in total. The molecule has 1 heterocycles. The van der Waals surface area contributed by atoms with Crippen molar-refractivity contribution in [2.45, 2.75) is 18.9 Å². The zero-order valence-corrected chi connectivity index (χ0v) is 14.2. The molecule has 21 heavy (non-hydrogen) atoms. The van der Waals surface area contributed by atoms with Crippen LogP contribution in [0, 0.1) is 6.92 Å². The molecule has 1 aromatic carbocycles. The van der Waals surface area contributed by atoms with Crippen LogP contribution in [-0.2, 0) is 0 Å². The van der Waals surface area contributed by atoms with Crippen molar-refractivity contribution < 1.29 is 13.9 Å². The number of nitrogens with zero attached hydrogens (tertiary/aromatic N) is 1. The first-order valence-electron chi connectivity index (χ1n) is 6.65. The summed E-state index contributed by atoms with van der Waals surface area (Å²) in [7, 11) is 0. The van der Waals surface area contributed by atoms with Gasteiger partial charge in [-0.25, -0.2) is 8.78 Å². The van der Waals surface area contributed by atoms with Gasteiger partial charge >= 0.3 is 0 Å². The number of aryl methyl sites for hydroxylation is 1. The van der Waals surface area contributed by atoms with E-state index in [2.05, 4.69) is 21.2 Å². The summed E-state index contributed by atoms with van der Waals surface area (Å²) in [6, 6.07) is 4.26. The van der Waals surface area contributed by atoms with Crippen LogP contribution in [0.4, 0.5) is 8.78 Å². The Kier molecular flexibility index (Phi) is 7.00. The fourth-order valence-electron chi connectivity index (χ4n) is 2.57. The molecule has 1 aliphatic rings. The van der Waals surface area contributed by atoms with Crippen LogP contribution in [0.15, 0.2) is 22.7 Å². The molecule has 2 N–H and O–H groups in total. The Labute approximate surface area is 138 Å². The Balaban J connectivity index is 0.00000220. The molecule has 0 aliphatic carbocycles. The number of benzene rings is 1. The highest BCUT2D eigenvalue weighted by molar-refractivity contribution is 9.10. The minimum Gasteiger partial charge on any atom is -0.390 e. The number of aliphatic hydroxyl groups excluding tert-OH is 1. The van der Waals surface area contributed by atoms with E-state index in [9.17, 15) is 8.78 Å². The second kappa shape index (κ2) is 7.83. The highest BCUT2D eigenvalue weighted by Gasteiger charge is 2.44. The second-order valence-electron chi connectivity index (χ2n) is 5.13. The van der Waals surface area contributed by atoms with Crippen LogP contribution in [0.25, 0.3) is 0 Å². The lowest BCUT2D eigenvalue weighted by atomic mass is 9.97. The summed E-state index contributed by atoms with van der Waals surface area (Å²) in [5.74, 6) is -3.17. The Morgan fingerprint density at radius 2 is 2.00 bits per heavy atom. The number of hydrogen-bond donors (Lipinski definition) is 2. The first-order chi connectivity index (χ1) is 9.45. The van der Waals surface area contributed by atoms with Crippen molar-refractivity contribution >= 4 is 28.3 Å². The molecule has 0 radical (unpaired) electrons. The van der Waals surface area contributed by atoms with Gasteiger partial charge in [0.05, 0.1) is 0 Å². The van der Waals surface area contributed by atoms with E-state index < -0.39 is 18.6 Å². The van der Waals surface area contributed by atoms with E-state index in [1.807, 2.05) is 19.1 Å². The Bertz CT molecular complexity index is 470. The van der Waals surface area contributed by atoms with Gasteiger partial charge < -0.3 is 10.4 Å². The van der Waals surface area contributed by atoms with Crippen LogP contribution in [0.1, 0.15) is 17.2 Å². The van der Waals surface area contributed by atoms with Gasteiger partial charge in [0.15, 0.2) is 0 Å². The van der Waals surface area contributed by atoms with E-state index >= 15 is 0 Å². The molecule has 0 bridgehead atoms. The molecule has 1 aliphatic heterocycles. The lowest BCUT2D eigenvalue weighted by molar-refractivity contribution is -0.118. The van der Waals surface area contributed by atoms with Gasteiger partial charge in [0.2, 0.25) is 0 Å². The number of rotatable bonds is 4. The summed E-state index contributed by atoms with van der Waals surface area (Å²) >= 11 is 3.38. The van der Waals surface area contributed by atoms with E-state index in [1.54, 1.807) is 11.0 Å². The fourth-order valence-corrected chi connectivity index (χ4v) is 3.28.